The minimum absolute atomic E-state index is 0.0221. The number of hydrogen-bond donors (Lipinski definition) is 1. The summed E-state index contributed by atoms with van der Waals surface area (Å²) in [6.07, 6.45) is 1.80. The summed E-state index contributed by atoms with van der Waals surface area (Å²) in [7, 11) is 0. The molecule has 0 aliphatic carbocycles. The number of benzene rings is 1. The Kier molecular flexibility index (Phi) is 4.48. The van der Waals surface area contributed by atoms with Gasteiger partial charge in [0.05, 0.1) is 6.61 Å². The maximum Gasteiger partial charge on any atom is 0.251 e. The van der Waals surface area contributed by atoms with Crippen molar-refractivity contribution in [2.75, 3.05) is 19.0 Å². The van der Waals surface area contributed by atoms with Gasteiger partial charge in [0.25, 0.3) is 5.91 Å². The molecule has 2 rings (SSSR count). The second-order valence-electron chi connectivity index (χ2n) is 4.71. The highest BCUT2D eigenvalue weighted by molar-refractivity contribution is 6.17. The average Bonchev–Trinajstić information content (AvgIpc) is 2.83. The van der Waals surface area contributed by atoms with E-state index in [1.54, 1.807) is 0 Å². The summed E-state index contributed by atoms with van der Waals surface area (Å²) in [5, 5.41) is 2.94. The molecule has 1 amide bonds. The lowest BCUT2D eigenvalue weighted by atomic mass is 10.1. The molecule has 1 heterocycles. The van der Waals surface area contributed by atoms with Gasteiger partial charge < -0.3 is 10.1 Å². The van der Waals surface area contributed by atoms with Crippen LogP contribution in [-0.2, 0) is 6.42 Å². The molecule has 98 valence electrons. The molecule has 1 aliphatic heterocycles. The predicted octanol–water partition coefficient (Wildman–Crippen LogP) is 2.62. The first kappa shape index (κ1) is 13.2. The molecular formula is C14H18ClNO2. The van der Waals surface area contributed by atoms with E-state index in [2.05, 4.69) is 12.2 Å². The molecule has 1 N–H and O–H groups in total. The van der Waals surface area contributed by atoms with E-state index < -0.39 is 0 Å². The highest BCUT2D eigenvalue weighted by Crippen LogP contribution is 2.25. The van der Waals surface area contributed by atoms with Gasteiger partial charge >= 0.3 is 0 Å². The van der Waals surface area contributed by atoms with Gasteiger partial charge in [-0.2, -0.15) is 0 Å². The number of carbonyl (C=O) groups is 1. The molecule has 0 spiro atoms. The van der Waals surface area contributed by atoms with E-state index in [4.69, 9.17) is 16.3 Å². The van der Waals surface area contributed by atoms with Crippen molar-refractivity contribution in [1.29, 1.82) is 0 Å². The van der Waals surface area contributed by atoms with Crippen molar-refractivity contribution in [3.63, 3.8) is 0 Å². The summed E-state index contributed by atoms with van der Waals surface area (Å²) in [5.41, 5.74) is 1.83. The molecule has 1 unspecified atom stereocenters. The molecule has 1 aromatic rings. The van der Waals surface area contributed by atoms with Crippen LogP contribution in [0.15, 0.2) is 18.2 Å². The Morgan fingerprint density at radius 2 is 2.39 bits per heavy atom. The van der Waals surface area contributed by atoms with Gasteiger partial charge in [0.2, 0.25) is 0 Å². The van der Waals surface area contributed by atoms with Crippen molar-refractivity contribution in [2.24, 2.45) is 5.92 Å². The van der Waals surface area contributed by atoms with Crippen LogP contribution in [-0.4, -0.2) is 24.9 Å². The van der Waals surface area contributed by atoms with E-state index in [1.807, 2.05) is 18.2 Å². The van der Waals surface area contributed by atoms with E-state index in [9.17, 15) is 4.79 Å². The second-order valence-corrected chi connectivity index (χ2v) is 5.09. The fourth-order valence-corrected chi connectivity index (χ4v) is 2.36. The van der Waals surface area contributed by atoms with Gasteiger partial charge in [0, 0.05) is 24.4 Å². The summed E-state index contributed by atoms with van der Waals surface area (Å²) < 4.78 is 5.42. The van der Waals surface area contributed by atoms with Crippen LogP contribution in [0.25, 0.3) is 0 Å². The van der Waals surface area contributed by atoms with Crippen molar-refractivity contribution in [3.8, 4) is 5.75 Å². The van der Waals surface area contributed by atoms with Crippen molar-refractivity contribution in [2.45, 2.75) is 19.8 Å². The fraction of sp³-hybridized carbons (Fsp3) is 0.500. The minimum Gasteiger partial charge on any atom is -0.493 e. The molecule has 3 nitrogen and oxygen atoms in total. The van der Waals surface area contributed by atoms with Crippen LogP contribution in [0.2, 0.25) is 0 Å². The summed E-state index contributed by atoms with van der Waals surface area (Å²) in [6.45, 7) is 3.46. The highest BCUT2D eigenvalue weighted by Gasteiger charge is 2.15. The van der Waals surface area contributed by atoms with Gasteiger partial charge in [0.1, 0.15) is 5.75 Å². The van der Waals surface area contributed by atoms with E-state index in [0.29, 0.717) is 30.5 Å². The number of hydrogen-bond acceptors (Lipinski definition) is 2. The second kappa shape index (κ2) is 6.10. The van der Waals surface area contributed by atoms with Crippen LogP contribution in [0, 0.1) is 5.92 Å². The molecule has 0 saturated heterocycles. The van der Waals surface area contributed by atoms with Crippen molar-refractivity contribution < 1.29 is 9.53 Å². The predicted molar refractivity (Wildman–Crippen MR) is 72.5 cm³/mol. The fourth-order valence-electron chi connectivity index (χ4n) is 1.99. The Morgan fingerprint density at radius 3 is 3.17 bits per heavy atom. The molecule has 0 radical (unpaired) electrons. The van der Waals surface area contributed by atoms with Crippen LogP contribution >= 0.6 is 11.6 Å². The number of rotatable bonds is 5. The Hall–Kier alpha value is -1.22. The van der Waals surface area contributed by atoms with Crippen molar-refractivity contribution in [1.82, 2.24) is 5.32 Å². The summed E-state index contributed by atoms with van der Waals surface area (Å²) in [5.74, 6) is 1.92. The van der Waals surface area contributed by atoms with Crippen LogP contribution in [0.3, 0.4) is 0 Å². The van der Waals surface area contributed by atoms with E-state index in [0.717, 1.165) is 24.2 Å². The first-order valence-corrected chi connectivity index (χ1v) is 6.84. The van der Waals surface area contributed by atoms with Crippen LogP contribution in [0.5, 0.6) is 5.75 Å². The maximum atomic E-state index is 12.0. The zero-order valence-corrected chi connectivity index (χ0v) is 11.3. The van der Waals surface area contributed by atoms with Crippen LogP contribution in [0.4, 0.5) is 0 Å². The Labute approximate surface area is 112 Å². The number of amides is 1. The van der Waals surface area contributed by atoms with Gasteiger partial charge in [0.15, 0.2) is 0 Å². The SMILES string of the molecule is CC(CCCl)CNC(=O)c1ccc2c(c1)CCO2. The first-order chi connectivity index (χ1) is 8.70. The lowest BCUT2D eigenvalue weighted by Crippen LogP contribution is -2.28. The van der Waals surface area contributed by atoms with E-state index >= 15 is 0 Å². The lowest BCUT2D eigenvalue weighted by molar-refractivity contribution is 0.0948. The minimum atomic E-state index is -0.0221. The average molecular weight is 268 g/mol. The van der Waals surface area contributed by atoms with E-state index in [-0.39, 0.29) is 5.91 Å². The number of fused-ring (bicyclic) bond motifs is 1. The summed E-state index contributed by atoms with van der Waals surface area (Å²) in [6, 6.07) is 5.61. The molecule has 1 atom stereocenters. The van der Waals surface area contributed by atoms with Crippen LogP contribution < -0.4 is 10.1 Å². The number of nitrogens with one attached hydrogen (secondary N) is 1. The van der Waals surface area contributed by atoms with Gasteiger partial charge in [-0.05, 0) is 36.1 Å². The molecule has 0 saturated carbocycles. The van der Waals surface area contributed by atoms with Gasteiger partial charge in [-0.1, -0.05) is 6.92 Å². The molecule has 0 bridgehead atoms. The normalized spacial score (nSPS) is 14.8. The smallest absolute Gasteiger partial charge is 0.251 e. The number of alkyl halides is 1. The molecule has 0 fully saturated rings. The highest BCUT2D eigenvalue weighted by atomic mass is 35.5. The molecule has 18 heavy (non-hydrogen) atoms. The van der Waals surface area contributed by atoms with Gasteiger partial charge in [-0.15, -0.1) is 11.6 Å². The molecular weight excluding hydrogens is 250 g/mol. The third-order valence-electron chi connectivity index (χ3n) is 3.16. The van der Waals surface area contributed by atoms with Gasteiger partial charge in [-0.3, -0.25) is 4.79 Å². The molecule has 1 aromatic carbocycles. The standard InChI is InChI=1S/C14H18ClNO2/c1-10(4-6-15)9-16-14(17)12-2-3-13-11(8-12)5-7-18-13/h2-3,8,10H,4-7,9H2,1H3,(H,16,17). The Morgan fingerprint density at radius 1 is 1.56 bits per heavy atom. The zero-order chi connectivity index (χ0) is 13.0. The number of ether oxygens (including phenoxy) is 1. The first-order valence-electron chi connectivity index (χ1n) is 6.30. The summed E-state index contributed by atoms with van der Waals surface area (Å²) in [4.78, 5) is 12.0. The van der Waals surface area contributed by atoms with Gasteiger partial charge in [-0.25, -0.2) is 0 Å². The molecule has 4 heteroatoms. The lowest BCUT2D eigenvalue weighted by Gasteiger charge is -2.11. The summed E-state index contributed by atoms with van der Waals surface area (Å²) >= 11 is 5.67. The monoisotopic (exact) mass is 267 g/mol. The third-order valence-corrected chi connectivity index (χ3v) is 3.38. The zero-order valence-electron chi connectivity index (χ0n) is 10.5. The molecule has 0 aromatic heterocycles. The quantitative estimate of drug-likeness (QED) is 0.833. The largest absolute Gasteiger partial charge is 0.493 e. The number of halogens is 1. The third kappa shape index (κ3) is 3.16. The van der Waals surface area contributed by atoms with Crippen molar-refractivity contribution in [3.05, 3.63) is 29.3 Å². The van der Waals surface area contributed by atoms with E-state index in [1.165, 1.54) is 0 Å². The Bertz CT molecular complexity index is 434. The molecule has 1 aliphatic rings. The maximum absolute atomic E-state index is 12.0. The number of carbonyl (C=O) groups excluding carboxylic acids is 1. The van der Waals surface area contributed by atoms with Crippen molar-refractivity contribution >= 4 is 17.5 Å². The van der Waals surface area contributed by atoms with Crippen LogP contribution in [0.1, 0.15) is 29.3 Å². The topological polar surface area (TPSA) is 38.3 Å². The Balaban J connectivity index is 1.93.